The number of carbonyl (C=O) groups excluding carboxylic acids is 1. The van der Waals surface area contributed by atoms with Crippen LogP contribution in [0, 0.1) is 5.41 Å². The zero-order chi connectivity index (χ0) is 17.2. The molecule has 0 saturated carbocycles. The number of esters is 1. The van der Waals surface area contributed by atoms with Gasteiger partial charge in [0.25, 0.3) is 0 Å². The molecule has 1 N–H and O–H groups in total. The molecule has 0 aliphatic rings. The zero-order valence-corrected chi connectivity index (χ0v) is 14.7. The van der Waals surface area contributed by atoms with E-state index in [9.17, 15) is 9.90 Å². The van der Waals surface area contributed by atoms with Gasteiger partial charge < -0.3 is 14.4 Å². The van der Waals surface area contributed by atoms with E-state index in [2.05, 4.69) is 4.98 Å². The summed E-state index contributed by atoms with van der Waals surface area (Å²) >= 11 is 17.4. The van der Waals surface area contributed by atoms with Crippen molar-refractivity contribution in [2.24, 2.45) is 5.41 Å². The SMILES string of the molecule is CC(C)(Cn1cccc1)C(O)C(=O)Oc1cc(Cl)c(Cl)c(Cl)n1. The monoisotopic (exact) mass is 376 g/mol. The first-order valence-electron chi connectivity index (χ1n) is 6.73. The molecule has 0 saturated heterocycles. The Labute approximate surface area is 148 Å². The lowest BCUT2D eigenvalue weighted by Gasteiger charge is -2.29. The molecule has 0 aliphatic heterocycles. The van der Waals surface area contributed by atoms with Crippen molar-refractivity contribution in [2.75, 3.05) is 0 Å². The number of hydrogen-bond donors (Lipinski definition) is 1. The maximum Gasteiger partial charge on any atom is 0.342 e. The Morgan fingerprint density at radius 1 is 1.35 bits per heavy atom. The van der Waals surface area contributed by atoms with Crippen molar-refractivity contribution >= 4 is 40.8 Å². The lowest BCUT2D eigenvalue weighted by Crippen LogP contribution is -2.41. The second-order valence-electron chi connectivity index (χ2n) is 5.71. The summed E-state index contributed by atoms with van der Waals surface area (Å²) < 4.78 is 6.93. The van der Waals surface area contributed by atoms with Gasteiger partial charge in [0.1, 0.15) is 0 Å². The van der Waals surface area contributed by atoms with Gasteiger partial charge in [-0.25, -0.2) is 4.79 Å². The van der Waals surface area contributed by atoms with Crippen molar-refractivity contribution in [3.8, 4) is 5.88 Å². The fraction of sp³-hybridized carbons (Fsp3) is 0.333. The predicted octanol–water partition coefficient (Wildman–Crippen LogP) is 3.84. The van der Waals surface area contributed by atoms with Crippen LogP contribution in [0.15, 0.2) is 30.6 Å². The number of nitrogens with zero attached hydrogens (tertiary/aromatic N) is 2. The summed E-state index contributed by atoms with van der Waals surface area (Å²) in [6, 6.07) is 4.99. The van der Waals surface area contributed by atoms with Crippen molar-refractivity contribution in [3.63, 3.8) is 0 Å². The van der Waals surface area contributed by atoms with Gasteiger partial charge in [0.15, 0.2) is 11.3 Å². The van der Waals surface area contributed by atoms with Crippen molar-refractivity contribution in [2.45, 2.75) is 26.5 Å². The Morgan fingerprint density at radius 3 is 2.52 bits per heavy atom. The number of aliphatic hydroxyl groups is 1. The minimum Gasteiger partial charge on any atom is -0.405 e. The van der Waals surface area contributed by atoms with E-state index in [1.54, 1.807) is 13.8 Å². The van der Waals surface area contributed by atoms with E-state index in [0.717, 1.165) is 0 Å². The van der Waals surface area contributed by atoms with Gasteiger partial charge in [-0.15, -0.1) is 0 Å². The standard InChI is InChI=1S/C15H15Cl3N2O3/c1-15(2,8-20-5-3-4-6-20)12(21)14(22)23-10-7-9(16)11(17)13(18)19-10/h3-7,12,21H,8H2,1-2H3. The first-order chi connectivity index (χ1) is 10.7. The Hall–Kier alpha value is -1.27. The topological polar surface area (TPSA) is 64.4 Å². The molecule has 1 unspecified atom stereocenters. The lowest BCUT2D eigenvalue weighted by atomic mass is 9.86. The molecule has 23 heavy (non-hydrogen) atoms. The molecule has 0 aliphatic carbocycles. The molecular formula is C15H15Cl3N2O3. The number of aromatic nitrogens is 2. The third-order valence-corrected chi connectivity index (χ3v) is 4.42. The van der Waals surface area contributed by atoms with E-state index in [0.29, 0.717) is 6.54 Å². The van der Waals surface area contributed by atoms with Crippen LogP contribution >= 0.6 is 34.8 Å². The first-order valence-corrected chi connectivity index (χ1v) is 7.86. The van der Waals surface area contributed by atoms with E-state index in [1.807, 2.05) is 29.1 Å². The van der Waals surface area contributed by atoms with Gasteiger partial charge in [-0.2, -0.15) is 4.98 Å². The van der Waals surface area contributed by atoms with E-state index < -0.39 is 17.5 Å². The average Bonchev–Trinajstić information content (AvgIpc) is 2.95. The van der Waals surface area contributed by atoms with Crippen LogP contribution in [0.3, 0.4) is 0 Å². The molecule has 0 amide bonds. The van der Waals surface area contributed by atoms with E-state index in [4.69, 9.17) is 39.5 Å². The average molecular weight is 378 g/mol. The Bertz CT molecular complexity index is 679. The molecule has 0 spiro atoms. The van der Waals surface area contributed by atoms with Gasteiger partial charge in [0.05, 0.1) is 10.0 Å². The second kappa shape index (κ2) is 7.09. The summed E-state index contributed by atoms with van der Waals surface area (Å²) in [5.74, 6) is -0.964. The third-order valence-electron chi connectivity index (χ3n) is 3.27. The summed E-state index contributed by atoms with van der Waals surface area (Å²) in [6.45, 7) is 3.95. The smallest absolute Gasteiger partial charge is 0.342 e. The van der Waals surface area contributed by atoms with E-state index in [-0.39, 0.29) is 21.1 Å². The minimum atomic E-state index is -1.36. The first kappa shape index (κ1) is 18.1. The van der Waals surface area contributed by atoms with Gasteiger partial charge in [-0.05, 0) is 12.1 Å². The second-order valence-corrected chi connectivity index (χ2v) is 6.86. The van der Waals surface area contributed by atoms with Crippen LogP contribution in [0.2, 0.25) is 15.2 Å². The van der Waals surface area contributed by atoms with Gasteiger partial charge in [-0.1, -0.05) is 48.7 Å². The highest BCUT2D eigenvalue weighted by atomic mass is 35.5. The number of pyridine rings is 1. The molecule has 8 heteroatoms. The molecule has 2 rings (SSSR count). The van der Waals surface area contributed by atoms with Crippen LogP contribution in [-0.2, 0) is 11.3 Å². The van der Waals surface area contributed by atoms with E-state index in [1.165, 1.54) is 6.07 Å². The highest BCUT2D eigenvalue weighted by Crippen LogP contribution is 2.32. The summed E-state index contributed by atoms with van der Waals surface area (Å²) in [5.41, 5.74) is -0.754. The van der Waals surface area contributed by atoms with Crippen molar-refractivity contribution < 1.29 is 14.6 Å². The maximum absolute atomic E-state index is 12.2. The molecule has 0 aromatic carbocycles. The molecule has 2 aromatic heterocycles. The summed E-state index contributed by atoms with van der Waals surface area (Å²) in [6.07, 6.45) is 2.33. The number of halogens is 3. The summed E-state index contributed by atoms with van der Waals surface area (Å²) in [4.78, 5) is 16.0. The molecular weight excluding hydrogens is 363 g/mol. The highest BCUT2D eigenvalue weighted by molar-refractivity contribution is 6.47. The number of rotatable bonds is 5. The van der Waals surface area contributed by atoms with Crippen LogP contribution in [0.1, 0.15) is 13.8 Å². The van der Waals surface area contributed by atoms with Crippen LogP contribution in [0.4, 0.5) is 0 Å². The van der Waals surface area contributed by atoms with Gasteiger partial charge in [0.2, 0.25) is 5.88 Å². The molecule has 0 fully saturated rings. The molecule has 1 atom stereocenters. The Kier molecular flexibility index (Phi) is 5.57. The normalized spacial score (nSPS) is 13.0. The number of hydrogen-bond acceptors (Lipinski definition) is 4. The largest absolute Gasteiger partial charge is 0.405 e. The molecule has 5 nitrogen and oxygen atoms in total. The fourth-order valence-electron chi connectivity index (χ4n) is 2.01. The molecule has 2 heterocycles. The zero-order valence-electron chi connectivity index (χ0n) is 12.5. The van der Waals surface area contributed by atoms with Gasteiger partial charge in [-0.3, -0.25) is 0 Å². The van der Waals surface area contributed by atoms with Crippen molar-refractivity contribution in [3.05, 3.63) is 45.8 Å². The van der Waals surface area contributed by atoms with E-state index >= 15 is 0 Å². The Balaban J connectivity index is 2.10. The van der Waals surface area contributed by atoms with Gasteiger partial charge >= 0.3 is 5.97 Å². The van der Waals surface area contributed by atoms with Crippen LogP contribution < -0.4 is 4.74 Å². The van der Waals surface area contributed by atoms with Crippen molar-refractivity contribution in [1.29, 1.82) is 0 Å². The third kappa shape index (κ3) is 4.38. The van der Waals surface area contributed by atoms with Crippen LogP contribution in [0.5, 0.6) is 5.88 Å². The number of ether oxygens (including phenoxy) is 1. The lowest BCUT2D eigenvalue weighted by molar-refractivity contribution is -0.151. The summed E-state index contributed by atoms with van der Waals surface area (Å²) in [7, 11) is 0. The quantitative estimate of drug-likeness (QED) is 0.635. The minimum absolute atomic E-state index is 0.0709. The highest BCUT2D eigenvalue weighted by Gasteiger charge is 2.35. The summed E-state index contributed by atoms with van der Waals surface area (Å²) in [5, 5.41) is 10.4. The van der Waals surface area contributed by atoms with Gasteiger partial charge in [0, 0.05) is 30.4 Å². The maximum atomic E-state index is 12.2. The molecule has 0 radical (unpaired) electrons. The number of aliphatic hydroxyl groups excluding tert-OH is 1. The van der Waals surface area contributed by atoms with Crippen LogP contribution in [-0.4, -0.2) is 26.7 Å². The molecule has 2 aromatic rings. The Morgan fingerprint density at radius 2 is 1.96 bits per heavy atom. The predicted molar refractivity (Wildman–Crippen MR) is 89.1 cm³/mol. The van der Waals surface area contributed by atoms with Crippen LogP contribution in [0.25, 0.3) is 0 Å². The molecule has 124 valence electrons. The fourth-order valence-corrected chi connectivity index (χ4v) is 2.52. The number of carbonyl (C=O) groups is 1. The van der Waals surface area contributed by atoms with Crippen molar-refractivity contribution in [1.82, 2.24) is 9.55 Å². The molecule has 0 bridgehead atoms.